The standard InChI is InChI=1S/C11H15N3O3S2/c1-8-10(7-14(2)12-8)13-19(16,17)11-4-3-9(18-11)5-6-15/h3-4,7,13,15H,5-6H2,1-2H3. The quantitative estimate of drug-likeness (QED) is 0.867. The van der Waals surface area contributed by atoms with Crippen LogP contribution in [-0.2, 0) is 23.5 Å². The Morgan fingerprint density at radius 1 is 1.47 bits per heavy atom. The lowest BCUT2D eigenvalue weighted by molar-refractivity contribution is 0.300. The zero-order chi connectivity index (χ0) is 14.0. The number of thiophene rings is 1. The van der Waals surface area contributed by atoms with Crippen molar-refractivity contribution < 1.29 is 13.5 Å². The molecule has 2 rings (SSSR count). The van der Waals surface area contributed by atoms with Gasteiger partial charge in [0.2, 0.25) is 0 Å². The number of aliphatic hydroxyl groups excluding tert-OH is 1. The summed E-state index contributed by atoms with van der Waals surface area (Å²) in [5.41, 5.74) is 1.10. The molecule has 0 aliphatic rings. The Kier molecular flexibility index (Phi) is 3.93. The average Bonchev–Trinajstić information content (AvgIpc) is 2.87. The van der Waals surface area contributed by atoms with Crippen LogP contribution in [0.2, 0.25) is 0 Å². The molecule has 0 fully saturated rings. The molecule has 0 aromatic carbocycles. The van der Waals surface area contributed by atoms with Gasteiger partial charge >= 0.3 is 0 Å². The summed E-state index contributed by atoms with van der Waals surface area (Å²) in [6, 6.07) is 3.26. The first-order valence-corrected chi connectivity index (χ1v) is 7.95. The van der Waals surface area contributed by atoms with Gasteiger partial charge in [-0.1, -0.05) is 0 Å². The van der Waals surface area contributed by atoms with Gasteiger partial charge in [0.05, 0.1) is 11.4 Å². The summed E-state index contributed by atoms with van der Waals surface area (Å²) < 4.78 is 28.7. The minimum Gasteiger partial charge on any atom is -0.396 e. The van der Waals surface area contributed by atoms with Crippen LogP contribution in [0.5, 0.6) is 0 Å². The Hall–Kier alpha value is -1.38. The van der Waals surface area contributed by atoms with E-state index in [0.29, 0.717) is 17.8 Å². The van der Waals surface area contributed by atoms with Gasteiger partial charge in [0, 0.05) is 31.1 Å². The lowest BCUT2D eigenvalue weighted by Crippen LogP contribution is -2.11. The second kappa shape index (κ2) is 5.32. The minimum absolute atomic E-state index is 0.00907. The van der Waals surface area contributed by atoms with E-state index in [9.17, 15) is 8.42 Å². The van der Waals surface area contributed by atoms with Gasteiger partial charge in [-0.2, -0.15) is 5.10 Å². The van der Waals surface area contributed by atoms with Crippen LogP contribution >= 0.6 is 11.3 Å². The van der Waals surface area contributed by atoms with Gasteiger partial charge < -0.3 is 5.11 Å². The van der Waals surface area contributed by atoms with Crippen LogP contribution in [-0.4, -0.2) is 29.9 Å². The molecule has 2 N–H and O–H groups in total. The molecule has 0 unspecified atom stereocenters. The van der Waals surface area contributed by atoms with Crippen molar-refractivity contribution in [3.05, 3.63) is 28.9 Å². The molecule has 8 heteroatoms. The molecule has 104 valence electrons. The van der Waals surface area contributed by atoms with E-state index in [1.807, 2.05) is 0 Å². The van der Waals surface area contributed by atoms with E-state index in [2.05, 4.69) is 9.82 Å². The SMILES string of the molecule is Cc1nn(C)cc1NS(=O)(=O)c1ccc(CCO)s1. The fourth-order valence-electron chi connectivity index (χ4n) is 1.64. The first-order chi connectivity index (χ1) is 8.92. The number of rotatable bonds is 5. The molecule has 2 heterocycles. The second-order valence-corrected chi connectivity index (χ2v) is 7.18. The Bertz CT molecular complexity index is 673. The molecule has 0 saturated carbocycles. The van der Waals surface area contributed by atoms with Gasteiger partial charge in [0.1, 0.15) is 4.21 Å². The van der Waals surface area contributed by atoms with E-state index in [0.717, 1.165) is 16.2 Å². The maximum Gasteiger partial charge on any atom is 0.271 e. The van der Waals surface area contributed by atoms with Crippen LogP contribution in [0.1, 0.15) is 10.6 Å². The van der Waals surface area contributed by atoms with Crippen LogP contribution in [0.15, 0.2) is 22.5 Å². The second-order valence-electron chi connectivity index (χ2n) is 4.10. The summed E-state index contributed by atoms with van der Waals surface area (Å²) in [5, 5.41) is 12.9. The molecule has 0 aliphatic carbocycles. The van der Waals surface area contributed by atoms with E-state index in [-0.39, 0.29) is 10.8 Å². The third-order valence-corrected chi connectivity index (χ3v) is 5.52. The minimum atomic E-state index is -3.59. The third kappa shape index (κ3) is 3.14. The van der Waals surface area contributed by atoms with E-state index >= 15 is 0 Å². The van der Waals surface area contributed by atoms with Crippen molar-refractivity contribution in [1.82, 2.24) is 9.78 Å². The average molecular weight is 301 g/mol. The van der Waals surface area contributed by atoms with Crippen LogP contribution in [0.3, 0.4) is 0 Å². The Morgan fingerprint density at radius 3 is 2.79 bits per heavy atom. The molecule has 0 bridgehead atoms. The summed E-state index contributed by atoms with van der Waals surface area (Å²) in [5.74, 6) is 0. The highest BCUT2D eigenvalue weighted by Gasteiger charge is 2.18. The molecular weight excluding hydrogens is 286 g/mol. The van der Waals surface area contributed by atoms with E-state index in [4.69, 9.17) is 5.11 Å². The monoisotopic (exact) mass is 301 g/mol. The van der Waals surface area contributed by atoms with Crippen molar-refractivity contribution in [2.24, 2.45) is 7.05 Å². The molecule has 19 heavy (non-hydrogen) atoms. The molecule has 0 spiro atoms. The number of hydrogen-bond donors (Lipinski definition) is 2. The van der Waals surface area contributed by atoms with Crippen LogP contribution in [0, 0.1) is 6.92 Å². The van der Waals surface area contributed by atoms with Crippen LogP contribution < -0.4 is 4.72 Å². The topological polar surface area (TPSA) is 84.2 Å². The largest absolute Gasteiger partial charge is 0.396 e. The zero-order valence-electron chi connectivity index (χ0n) is 10.6. The Labute approximate surface area is 115 Å². The summed E-state index contributed by atoms with van der Waals surface area (Å²) in [6.07, 6.45) is 2.08. The van der Waals surface area contributed by atoms with E-state index < -0.39 is 10.0 Å². The summed E-state index contributed by atoms with van der Waals surface area (Å²) >= 11 is 1.16. The van der Waals surface area contributed by atoms with Gasteiger partial charge in [-0.15, -0.1) is 11.3 Å². The molecule has 6 nitrogen and oxygen atoms in total. The molecule has 0 atom stereocenters. The highest BCUT2D eigenvalue weighted by molar-refractivity contribution is 7.94. The van der Waals surface area contributed by atoms with Crippen molar-refractivity contribution >= 4 is 27.0 Å². The Balaban J connectivity index is 2.24. The first-order valence-electron chi connectivity index (χ1n) is 5.65. The van der Waals surface area contributed by atoms with Crippen LogP contribution in [0.25, 0.3) is 0 Å². The predicted octanol–water partition coefficient (Wildman–Crippen LogP) is 1.13. The van der Waals surface area contributed by atoms with Crippen molar-refractivity contribution in [1.29, 1.82) is 0 Å². The highest BCUT2D eigenvalue weighted by Crippen LogP contribution is 2.25. The van der Waals surface area contributed by atoms with Crippen molar-refractivity contribution in [3.63, 3.8) is 0 Å². The number of aromatic nitrogens is 2. The normalized spacial score (nSPS) is 11.7. The fraction of sp³-hybridized carbons (Fsp3) is 0.364. The van der Waals surface area contributed by atoms with Gasteiger partial charge in [-0.05, 0) is 19.1 Å². The molecule has 0 amide bonds. The number of aryl methyl sites for hydroxylation is 2. The van der Waals surface area contributed by atoms with Gasteiger partial charge in [0.15, 0.2) is 0 Å². The number of nitrogens with one attached hydrogen (secondary N) is 1. The van der Waals surface area contributed by atoms with Gasteiger partial charge in [0.25, 0.3) is 10.0 Å². The number of anilines is 1. The van der Waals surface area contributed by atoms with Crippen LogP contribution in [0.4, 0.5) is 5.69 Å². The van der Waals surface area contributed by atoms with Crippen molar-refractivity contribution in [3.8, 4) is 0 Å². The highest BCUT2D eigenvalue weighted by atomic mass is 32.2. The number of sulfonamides is 1. The smallest absolute Gasteiger partial charge is 0.271 e. The lowest BCUT2D eigenvalue weighted by Gasteiger charge is -2.04. The maximum atomic E-state index is 12.2. The summed E-state index contributed by atoms with van der Waals surface area (Å²) in [4.78, 5) is 0.839. The summed E-state index contributed by atoms with van der Waals surface area (Å²) in [6.45, 7) is 1.75. The lowest BCUT2D eigenvalue weighted by atomic mass is 10.4. The molecule has 2 aromatic heterocycles. The van der Waals surface area contributed by atoms with Crippen molar-refractivity contribution in [2.45, 2.75) is 17.6 Å². The third-order valence-electron chi connectivity index (χ3n) is 2.52. The number of aliphatic hydroxyl groups is 1. The van der Waals surface area contributed by atoms with E-state index in [1.165, 1.54) is 0 Å². The van der Waals surface area contributed by atoms with Gasteiger partial charge in [-0.3, -0.25) is 9.40 Å². The maximum absolute atomic E-state index is 12.2. The predicted molar refractivity (Wildman–Crippen MR) is 73.9 cm³/mol. The zero-order valence-corrected chi connectivity index (χ0v) is 12.3. The summed E-state index contributed by atoms with van der Waals surface area (Å²) in [7, 11) is -1.85. The number of hydrogen-bond acceptors (Lipinski definition) is 5. The molecule has 2 aromatic rings. The molecule has 0 radical (unpaired) electrons. The molecular formula is C11H15N3O3S2. The first kappa shape index (κ1) is 14.0. The van der Waals surface area contributed by atoms with E-state index in [1.54, 1.807) is 37.0 Å². The molecule has 0 saturated heterocycles. The molecule has 0 aliphatic heterocycles. The van der Waals surface area contributed by atoms with Gasteiger partial charge in [-0.25, -0.2) is 8.42 Å². The number of nitrogens with zero attached hydrogens (tertiary/aromatic N) is 2. The van der Waals surface area contributed by atoms with Crippen molar-refractivity contribution in [2.75, 3.05) is 11.3 Å². The fourth-order valence-corrected chi connectivity index (χ4v) is 4.09. The Morgan fingerprint density at radius 2 is 2.21 bits per heavy atom.